The molecular formula is C22H24F3N5O5S. The number of hydrogen-bond acceptors (Lipinski definition) is 8. The van der Waals surface area contributed by atoms with Gasteiger partial charge in [0, 0.05) is 20.1 Å². The number of alkyl halides is 3. The number of aromatic nitrogens is 3. The minimum Gasteiger partial charge on any atom is -0.396 e. The van der Waals surface area contributed by atoms with Gasteiger partial charge in [-0.05, 0) is 43.9 Å². The molecule has 1 amide bonds. The topological polar surface area (TPSA) is 147 Å². The molecule has 2 aromatic rings. The highest BCUT2D eigenvalue weighted by atomic mass is 32.2. The quantitative estimate of drug-likeness (QED) is 0.526. The van der Waals surface area contributed by atoms with E-state index in [2.05, 4.69) is 15.6 Å². The minimum atomic E-state index is -4.99. The Bertz CT molecular complexity index is 1300. The van der Waals surface area contributed by atoms with Crippen LogP contribution in [0.25, 0.3) is 5.69 Å². The Kier molecular flexibility index (Phi) is 6.84. The van der Waals surface area contributed by atoms with Gasteiger partial charge >= 0.3 is 6.18 Å². The van der Waals surface area contributed by atoms with Crippen LogP contribution >= 0.6 is 0 Å². The van der Waals surface area contributed by atoms with Gasteiger partial charge in [0.25, 0.3) is 0 Å². The highest BCUT2D eigenvalue weighted by Crippen LogP contribution is 2.42. The lowest BCUT2D eigenvalue weighted by Gasteiger charge is -2.19. The molecule has 1 heterocycles. The molecule has 2 aliphatic rings. The van der Waals surface area contributed by atoms with E-state index in [0.717, 1.165) is 10.7 Å². The van der Waals surface area contributed by atoms with Crippen LogP contribution in [0.1, 0.15) is 36.9 Å². The molecule has 194 valence electrons. The van der Waals surface area contributed by atoms with Crippen molar-refractivity contribution in [1.82, 2.24) is 20.3 Å². The summed E-state index contributed by atoms with van der Waals surface area (Å²) < 4.78 is 75.2. The lowest BCUT2D eigenvalue weighted by atomic mass is 10.0. The van der Waals surface area contributed by atoms with Crippen molar-refractivity contribution in [3.05, 3.63) is 35.7 Å². The van der Waals surface area contributed by atoms with Gasteiger partial charge in [0.15, 0.2) is 9.84 Å². The number of halogens is 3. The van der Waals surface area contributed by atoms with Crippen LogP contribution in [0.4, 0.5) is 13.2 Å². The number of hydrogen-bond donors (Lipinski definition) is 2. The summed E-state index contributed by atoms with van der Waals surface area (Å²) in [5.74, 6) is -1.47. The second-order valence-electron chi connectivity index (χ2n) is 9.01. The number of benzene rings is 1. The van der Waals surface area contributed by atoms with Crippen molar-refractivity contribution < 1.29 is 36.2 Å². The third-order valence-corrected chi connectivity index (χ3v) is 8.85. The maximum absolute atomic E-state index is 14.0. The van der Waals surface area contributed by atoms with Gasteiger partial charge in [-0.15, -0.1) is 5.10 Å². The van der Waals surface area contributed by atoms with Crippen LogP contribution in [0.5, 0.6) is 0 Å². The Labute approximate surface area is 205 Å². The van der Waals surface area contributed by atoms with Gasteiger partial charge in [-0.2, -0.15) is 18.4 Å². The first-order valence-corrected chi connectivity index (χ1v) is 12.7. The third kappa shape index (κ3) is 4.95. The van der Waals surface area contributed by atoms with Crippen LogP contribution in [-0.4, -0.2) is 65.0 Å². The number of carbonyl (C=O) groups is 1. The van der Waals surface area contributed by atoms with E-state index in [1.807, 2.05) is 6.07 Å². The van der Waals surface area contributed by atoms with Gasteiger partial charge < -0.3 is 15.2 Å². The van der Waals surface area contributed by atoms with Gasteiger partial charge in [0.2, 0.25) is 5.91 Å². The predicted molar refractivity (Wildman–Crippen MR) is 117 cm³/mol. The molecule has 2 N–H and O–H groups in total. The number of nitrogens with one attached hydrogen (secondary N) is 1. The first-order chi connectivity index (χ1) is 16.9. The van der Waals surface area contributed by atoms with Crippen molar-refractivity contribution in [2.75, 3.05) is 13.7 Å². The SMILES string of the molecule is CO[C@@H]1C[C@H](S(=O)(=O)c2ccc(-n3cc(CCO)nn3)cc2C(F)(F)F)C[C@H]1C(=O)NC1(C#N)CC1. The Hall–Kier alpha value is -3.02. The Morgan fingerprint density at radius 2 is 2.08 bits per heavy atom. The fraction of sp³-hybridized carbons (Fsp3) is 0.545. The fourth-order valence-corrected chi connectivity index (χ4v) is 6.43. The summed E-state index contributed by atoms with van der Waals surface area (Å²) in [6, 6.07) is 4.77. The molecule has 2 saturated carbocycles. The van der Waals surface area contributed by atoms with E-state index in [4.69, 9.17) is 9.84 Å². The van der Waals surface area contributed by atoms with Gasteiger partial charge in [-0.3, -0.25) is 4.79 Å². The molecule has 0 unspecified atom stereocenters. The number of sulfone groups is 1. The summed E-state index contributed by atoms with van der Waals surface area (Å²) in [6.07, 6.45) is -3.75. The number of nitrogens with zero attached hydrogens (tertiary/aromatic N) is 4. The number of ether oxygens (including phenoxy) is 1. The van der Waals surface area contributed by atoms with Crippen LogP contribution in [0.3, 0.4) is 0 Å². The van der Waals surface area contributed by atoms with E-state index in [9.17, 15) is 31.6 Å². The number of amides is 1. The number of aliphatic hydroxyl groups excluding tert-OH is 1. The van der Waals surface area contributed by atoms with E-state index >= 15 is 0 Å². The van der Waals surface area contributed by atoms with Gasteiger partial charge in [0.1, 0.15) is 5.54 Å². The van der Waals surface area contributed by atoms with Gasteiger partial charge in [0.05, 0.1) is 51.4 Å². The van der Waals surface area contributed by atoms with Gasteiger partial charge in [-0.1, -0.05) is 5.21 Å². The molecular weight excluding hydrogens is 503 g/mol. The number of aliphatic hydroxyl groups is 1. The minimum absolute atomic E-state index is 0.0531. The first-order valence-electron chi connectivity index (χ1n) is 11.2. The van der Waals surface area contributed by atoms with Crippen LogP contribution in [-0.2, 0) is 32.0 Å². The zero-order valence-corrected chi connectivity index (χ0v) is 20.0. The molecule has 0 aliphatic heterocycles. The molecule has 2 fully saturated rings. The van der Waals surface area contributed by atoms with Crippen LogP contribution in [0.15, 0.2) is 29.3 Å². The number of carbonyl (C=O) groups excluding carboxylic acids is 1. The molecule has 14 heteroatoms. The van der Waals surface area contributed by atoms with E-state index in [0.29, 0.717) is 24.6 Å². The maximum Gasteiger partial charge on any atom is 0.417 e. The highest BCUT2D eigenvalue weighted by molar-refractivity contribution is 7.92. The average Bonchev–Trinajstić information content (AvgIpc) is 3.23. The van der Waals surface area contributed by atoms with Crippen molar-refractivity contribution in [1.29, 1.82) is 5.26 Å². The first kappa shape index (κ1) is 26.1. The second kappa shape index (κ2) is 9.45. The molecule has 10 nitrogen and oxygen atoms in total. The molecule has 0 spiro atoms. The molecule has 0 radical (unpaired) electrons. The molecule has 36 heavy (non-hydrogen) atoms. The smallest absolute Gasteiger partial charge is 0.396 e. The Morgan fingerprint density at radius 3 is 2.67 bits per heavy atom. The summed E-state index contributed by atoms with van der Waals surface area (Å²) in [7, 11) is -3.22. The summed E-state index contributed by atoms with van der Waals surface area (Å²) in [4.78, 5) is 11.9. The van der Waals surface area contributed by atoms with Crippen molar-refractivity contribution in [3.8, 4) is 11.8 Å². The molecule has 2 aliphatic carbocycles. The Morgan fingerprint density at radius 1 is 1.36 bits per heavy atom. The highest BCUT2D eigenvalue weighted by Gasteiger charge is 2.51. The van der Waals surface area contributed by atoms with E-state index in [1.165, 1.54) is 19.4 Å². The average molecular weight is 528 g/mol. The summed E-state index contributed by atoms with van der Waals surface area (Å²) in [5.41, 5.74) is -2.03. The third-order valence-electron chi connectivity index (χ3n) is 6.61. The molecule has 4 rings (SSSR count). The maximum atomic E-state index is 14.0. The summed E-state index contributed by atoms with van der Waals surface area (Å²) in [6.45, 7) is -0.218. The van der Waals surface area contributed by atoms with E-state index in [1.54, 1.807) is 0 Å². The lowest BCUT2D eigenvalue weighted by Crippen LogP contribution is -2.42. The molecule has 0 saturated heterocycles. The summed E-state index contributed by atoms with van der Waals surface area (Å²) >= 11 is 0. The van der Waals surface area contributed by atoms with Crippen LogP contribution in [0, 0.1) is 17.2 Å². The van der Waals surface area contributed by atoms with Crippen molar-refractivity contribution >= 4 is 15.7 Å². The van der Waals surface area contributed by atoms with Crippen molar-refractivity contribution in [3.63, 3.8) is 0 Å². The van der Waals surface area contributed by atoms with Crippen LogP contribution in [0.2, 0.25) is 0 Å². The molecule has 3 atom stereocenters. The predicted octanol–water partition coefficient (Wildman–Crippen LogP) is 1.56. The molecule has 1 aromatic heterocycles. The van der Waals surface area contributed by atoms with Crippen molar-refractivity contribution in [2.24, 2.45) is 5.92 Å². The zero-order chi connectivity index (χ0) is 26.3. The Balaban J connectivity index is 1.64. The normalized spacial score (nSPS) is 23.3. The molecule has 0 bridgehead atoms. The number of methoxy groups -OCH3 is 1. The zero-order valence-electron chi connectivity index (χ0n) is 19.2. The monoisotopic (exact) mass is 527 g/mol. The summed E-state index contributed by atoms with van der Waals surface area (Å²) in [5, 5.41) is 27.1. The lowest BCUT2D eigenvalue weighted by molar-refractivity contribution is -0.140. The van der Waals surface area contributed by atoms with Gasteiger partial charge in [-0.25, -0.2) is 13.1 Å². The largest absolute Gasteiger partial charge is 0.417 e. The standard InChI is InChI=1S/C22H24F3N5O5S/c1-35-18-10-15(9-16(18)20(32)27-21(12-26)5-6-21)36(33,34)19-3-2-14(8-17(19)22(23,24)25)30-11-13(4-7-31)28-29-30/h2-3,8,11,15-16,18,31H,4-7,9-10H2,1H3,(H,27,32)/t15-,16-,18-/m1/s1. The van der Waals surface area contributed by atoms with Crippen LogP contribution < -0.4 is 5.32 Å². The fourth-order valence-electron chi connectivity index (χ4n) is 4.43. The number of nitriles is 1. The second-order valence-corrected chi connectivity index (χ2v) is 11.2. The van der Waals surface area contributed by atoms with E-state index in [-0.39, 0.29) is 31.6 Å². The molecule has 1 aromatic carbocycles. The van der Waals surface area contributed by atoms with E-state index < -0.39 is 55.2 Å². The number of rotatable bonds is 8. The van der Waals surface area contributed by atoms with Crippen molar-refractivity contribution in [2.45, 2.75) is 60.1 Å².